The second-order valence-electron chi connectivity index (χ2n) is 7.35. The molecule has 0 fully saturated rings. The number of amides is 3. The first-order valence-corrected chi connectivity index (χ1v) is 7.66. The first-order valence-electron chi connectivity index (χ1n) is 7.66. The van der Waals surface area contributed by atoms with Crippen LogP contribution < -0.4 is 16.0 Å². The van der Waals surface area contributed by atoms with Crippen molar-refractivity contribution in [2.24, 2.45) is 11.8 Å². The van der Waals surface area contributed by atoms with Gasteiger partial charge in [0.25, 0.3) is 0 Å². The fourth-order valence-corrected chi connectivity index (χ4v) is 1.82. The number of nitrogens with one attached hydrogen (secondary N) is 3. The van der Waals surface area contributed by atoms with Crippen LogP contribution in [0.3, 0.4) is 0 Å². The Labute approximate surface area is 138 Å². The summed E-state index contributed by atoms with van der Waals surface area (Å²) >= 11 is 0. The third kappa shape index (κ3) is 7.85. The first-order chi connectivity index (χ1) is 10.3. The predicted octanol–water partition coefficient (Wildman–Crippen LogP) is 1.59. The normalized spacial score (nSPS) is 13.3. The van der Waals surface area contributed by atoms with Crippen LogP contribution in [0.25, 0.3) is 0 Å². The van der Waals surface area contributed by atoms with Gasteiger partial charge in [0.1, 0.15) is 11.1 Å². The summed E-state index contributed by atoms with van der Waals surface area (Å²) in [5.41, 5.74) is -1.69. The molecule has 0 saturated heterocycles. The van der Waals surface area contributed by atoms with Crippen LogP contribution in [0.5, 0.6) is 0 Å². The van der Waals surface area contributed by atoms with E-state index in [-0.39, 0.29) is 18.4 Å². The molecular weight excluding hydrogens is 298 g/mol. The van der Waals surface area contributed by atoms with E-state index in [9.17, 15) is 14.4 Å². The number of rotatable bonds is 6. The van der Waals surface area contributed by atoms with Crippen LogP contribution in [0.2, 0.25) is 0 Å². The Bertz CT molecular complexity index is 439. The van der Waals surface area contributed by atoms with Gasteiger partial charge in [0.05, 0.1) is 5.92 Å². The molecule has 0 aliphatic carbocycles. The van der Waals surface area contributed by atoms with Gasteiger partial charge in [-0.25, -0.2) is 4.79 Å². The molecule has 7 nitrogen and oxygen atoms in total. The van der Waals surface area contributed by atoms with E-state index in [4.69, 9.17) is 4.74 Å². The molecule has 3 amide bonds. The maximum atomic E-state index is 12.4. The molecule has 7 heteroatoms. The number of hydrogen-bond donors (Lipinski definition) is 3. The maximum Gasteiger partial charge on any atom is 0.407 e. The van der Waals surface area contributed by atoms with Gasteiger partial charge in [0.2, 0.25) is 11.8 Å². The summed E-state index contributed by atoms with van der Waals surface area (Å²) < 4.78 is 5.15. The molecule has 0 aliphatic heterocycles. The minimum absolute atomic E-state index is 0.0245. The quantitative estimate of drug-likeness (QED) is 0.690. The molecule has 0 rings (SSSR count). The van der Waals surface area contributed by atoms with Crippen LogP contribution in [0.15, 0.2) is 0 Å². The van der Waals surface area contributed by atoms with Crippen molar-refractivity contribution in [2.75, 3.05) is 6.54 Å². The fourth-order valence-electron chi connectivity index (χ4n) is 1.82. The molecule has 0 saturated carbocycles. The van der Waals surface area contributed by atoms with Crippen molar-refractivity contribution >= 4 is 17.9 Å². The van der Waals surface area contributed by atoms with E-state index >= 15 is 0 Å². The van der Waals surface area contributed by atoms with Gasteiger partial charge >= 0.3 is 6.09 Å². The number of hydrogen-bond acceptors (Lipinski definition) is 4. The molecule has 0 heterocycles. The summed E-state index contributed by atoms with van der Waals surface area (Å²) in [5.74, 6) is -1.22. The monoisotopic (exact) mass is 328 g/mol. The first kappa shape index (κ1) is 21.2. The SMILES string of the molecule is [CH2]NC(=O)C(C)(C)NC(=O)[C@@H](CNC(=O)OC(C)(C)C)C(C)C. The Morgan fingerprint density at radius 3 is 2.00 bits per heavy atom. The highest BCUT2D eigenvalue weighted by atomic mass is 16.6. The van der Waals surface area contributed by atoms with E-state index in [1.807, 2.05) is 13.8 Å². The van der Waals surface area contributed by atoms with Crippen LogP contribution in [0.4, 0.5) is 4.79 Å². The van der Waals surface area contributed by atoms with Gasteiger partial charge in [-0.2, -0.15) is 0 Å². The molecule has 1 atom stereocenters. The lowest BCUT2D eigenvalue weighted by Crippen LogP contribution is -2.56. The maximum absolute atomic E-state index is 12.4. The van der Waals surface area contributed by atoms with Crippen LogP contribution in [-0.4, -0.2) is 35.6 Å². The summed E-state index contributed by atoms with van der Waals surface area (Å²) in [6.07, 6.45) is -0.578. The molecule has 0 aliphatic rings. The lowest BCUT2D eigenvalue weighted by atomic mass is 9.93. The fraction of sp³-hybridized carbons (Fsp3) is 0.750. The average molecular weight is 328 g/mol. The second kappa shape index (κ2) is 8.17. The Morgan fingerprint density at radius 1 is 1.09 bits per heavy atom. The topological polar surface area (TPSA) is 96.5 Å². The number of carbonyl (C=O) groups excluding carboxylic acids is 3. The molecule has 0 aromatic heterocycles. The van der Waals surface area contributed by atoms with E-state index in [1.54, 1.807) is 34.6 Å². The van der Waals surface area contributed by atoms with Crippen LogP contribution >= 0.6 is 0 Å². The minimum Gasteiger partial charge on any atom is -0.444 e. The van der Waals surface area contributed by atoms with Crippen LogP contribution in [0.1, 0.15) is 48.5 Å². The number of alkyl carbamates (subject to hydrolysis) is 1. The Hall–Kier alpha value is -1.79. The van der Waals surface area contributed by atoms with E-state index < -0.39 is 29.1 Å². The highest BCUT2D eigenvalue weighted by Gasteiger charge is 2.33. The molecular formula is C16H30N3O4. The standard InChI is InChI=1S/C16H30N3O4/c1-10(2)11(9-18-14(22)23-15(3,4)5)12(20)19-16(6,7)13(21)17-8/h10-11H,8-9H2,1-7H3,(H,17,21)(H,18,22)(H,19,20)/t11-/m0/s1. The highest BCUT2D eigenvalue weighted by molar-refractivity contribution is 5.91. The molecule has 0 bridgehead atoms. The Kier molecular flexibility index (Phi) is 7.54. The summed E-state index contributed by atoms with van der Waals surface area (Å²) in [6, 6.07) is 0. The highest BCUT2D eigenvalue weighted by Crippen LogP contribution is 2.14. The van der Waals surface area contributed by atoms with Gasteiger partial charge in [-0.05, 0) is 40.5 Å². The Morgan fingerprint density at radius 2 is 1.61 bits per heavy atom. The van der Waals surface area contributed by atoms with Crippen LogP contribution in [0, 0.1) is 18.9 Å². The largest absolute Gasteiger partial charge is 0.444 e. The molecule has 0 aromatic rings. The summed E-state index contributed by atoms with van der Waals surface area (Å²) in [4.78, 5) is 35.8. The molecule has 133 valence electrons. The Balaban J connectivity index is 4.77. The van der Waals surface area contributed by atoms with Crippen molar-refractivity contribution in [1.82, 2.24) is 16.0 Å². The zero-order valence-electron chi connectivity index (χ0n) is 15.2. The van der Waals surface area contributed by atoms with Gasteiger partial charge < -0.3 is 20.7 Å². The lowest BCUT2D eigenvalue weighted by Gasteiger charge is -2.29. The molecule has 3 N–H and O–H groups in total. The van der Waals surface area contributed by atoms with Crippen molar-refractivity contribution in [3.05, 3.63) is 7.05 Å². The molecule has 0 aromatic carbocycles. The van der Waals surface area contributed by atoms with Crippen molar-refractivity contribution in [3.8, 4) is 0 Å². The van der Waals surface area contributed by atoms with E-state index in [0.717, 1.165) is 0 Å². The van der Waals surface area contributed by atoms with E-state index in [2.05, 4.69) is 23.0 Å². The summed E-state index contributed by atoms with van der Waals surface area (Å²) in [6.45, 7) is 12.3. The third-order valence-electron chi connectivity index (χ3n) is 3.17. The van der Waals surface area contributed by atoms with E-state index in [0.29, 0.717) is 0 Å². The lowest BCUT2D eigenvalue weighted by molar-refractivity contribution is -0.134. The van der Waals surface area contributed by atoms with Gasteiger partial charge in [0.15, 0.2) is 0 Å². The number of ether oxygens (including phenoxy) is 1. The van der Waals surface area contributed by atoms with Crippen LogP contribution in [-0.2, 0) is 14.3 Å². The van der Waals surface area contributed by atoms with Gasteiger partial charge in [-0.15, -0.1) is 0 Å². The third-order valence-corrected chi connectivity index (χ3v) is 3.17. The van der Waals surface area contributed by atoms with Gasteiger partial charge in [0, 0.05) is 13.6 Å². The second-order valence-corrected chi connectivity index (χ2v) is 7.35. The zero-order valence-corrected chi connectivity index (χ0v) is 15.2. The van der Waals surface area contributed by atoms with Crippen molar-refractivity contribution < 1.29 is 19.1 Å². The molecule has 23 heavy (non-hydrogen) atoms. The van der Waals surface area contributed by atoms with Crippen molar-refractivity contribution in [2.45, 2.75) is 59.6 Å². The van der Waals surface area contributed by atoms with Crippen molar-refractivity contribution in [3.63, 3.8) is 0 Å². The average Bonchev–Trinajstić information content (AvgIpc) is 2.34. The van der Waals surface area contributed by atoms with Gasteiger partial charge in [-0.1, -0.05) is 13.8 Å². The van der Waals surface area contributed by atoms with E-state index in [1.165, 1.54) is 0 Å². The molecule has 0 spiro atoms. The smallest absolute Gasteiger partial charge is 0.407 e. The molecule has 0 unspecified atom stereocenters. The zero-order chi connectivity index (χ0) is 18.4. The molecule has 1 radical (unpaired) electrons. The number of carbonyl (C=O) groups is 3. The summed E-state index contributed by atoms with van der Waals surface area (Å²) in [7, 11) is 3.31. The van der Waals surface area contributed by atoms with Gasteiger partial charge in [-0.3, -0.25) is 9.59 Å². The predicted molar refractivity (Wildman–Crippen MR) is 88.3 cm³/mol. The van der Waals surface area contributed by atoms with Crippen molar-refractivity contribution in [1.29, 1.82) is 0 Å². The minimum atomic E-state index is -1.09. The summed E-state index contributed by atoms with van der Waals surface area (Å²) in [5, 5.41) is 7.53.